The number of hydrogen-bond donors (Lipinski definition) is 2. The van der Waals surface area contributed by atoms with Gasteiger partial charge in [0.2, 0.25) is 5.96 Å². The maximum absolute atomic E-state index is 13.2. The summed E-state index contributed by atoms with van der Waals surface area (Å²) >= 11 is 0. The molecule has 8 heteroatoms. The summed E-state index contributed by atoms with van der Waals surface area (Å²) in [6.45, 7) is 0. The van der Waals surface area contributed by atoms with Gasteiger partial charge in [-0.3, -0.25) is 0 Å². The smallest absolute Gasteiger partial charge is 0.420 e. The minimum Gasteiger partial charge on any atom is -0.468 e. The molecule has 1 aromatic carbocycles. The lowest BCUT2D eigenvalue weighted by molar-refractivity contribution is -0.138. The van der Waals surface area contributed by atoms with Crippen molar-refractivity contribution in [1.82, 2.24) is 0 Å². The number of halogens is 3. The molecule has 1 aliphatic rings. The molecule has 0 spiro atoms. The van der Waals surface area contributed by atoms with Crippen LogP contribution < -0.4 is 11.5 Å². The van der Waals surface area contributed by atoms with Crippen LogP contribution in [0.3, 0.4) is 0 Å². The predicted octanol–water partition coefficient (Wildman–Crippen LogP) is 3.01. The highest BCUT2D eigenvalue weighted by Crippen LogP contribution is 2.41. The lowest BCUT2D eigenvalue weighted by Gasteiger charge is -2.23. The van der Waals surface area contributed by atoms with Gasteiger partial charge in [0.15, 0.2) is 0 Å². The first-order valence-electron chi connectivity index (χ1n) is 7.24. The lowest BCUT2D eigenvalue weighted by Crippen LogP contribution is -2.24. The van der Waals surface area contributed by atoms with E-state index in [1.54, 1.807) is 0 Å². The Kier molecular flexibility index (Phi) is 4.04. The molecule has 4 N–H and O–H groups in total. The molecule has 5 nitrogen and oxygen atoms in total. The molecule has 24 heavy (non-hydrogen) atoms. The Hall–Kier alpha value is -2.77. The molecule has 1 aliphatic carbocycles. The fourth-order valence-electron chi connectivity index (χ4n) is 2.87. The molecular formula is C16H15F3N4O. The molecular weight excluding hydrogens is 321 g/mol. The highest BCUT2D eigenvalue weighted by Gasteiger charge is 2.41. The number of benzene rings is 1. The molecule has 0 saturated heterocycles. The maximum atomic E-state index is 13.2. The lowest BCUT2D eigenvalue weighted by atomic mass is 9.81. The van der Waals surface area contributed by atoms with Gasteiger partial charge in [-0.05, 0) is 17.9 Å². The summed E-state index contributed by atoms with van der Waals surface area (Å²) in [6, 6.07) is 9.46. The molecule has 3 rings (SSSR count). The average molecular weight is 336 g/mol. The first kappa shape index (κ1) is 16.1. The van der Waals surface area contributed by atoms with Crippen LogP contribution in [0.4, 0.5) is 13.2 Å². The van der Waals surface area contributed by atoms with Crippen LogP contribution in [0.2, 0.25) is 0 Å². The number of fused-ring (bicyclic) bond motifs is 1. The van der Waals surface area contributed by atoms with E-state index in [0.29, 0.717) is 6.42 Å². The molecule has 0 aliphatic heterocycles. The second-order valence-electron chi connectivity index (χ2n) is 5.53. The minimum absolute atomic E-state index is 0.0559. The number of hydrogen-bond acceptors (Lipinski definition) is 3. The van der Waals surface area contributed by atoms with Crippen LogP contribution in [0.5, 0.6) is 0 Å². The second-order valence-corrected chi connectivity index (χ2v) is 5.53. The zero-order valence-electron chi connectivity index (χ0n) is 12.5. The van der Waals surface area contributed by atoms with Crippen molar-refractivity contribution in [3.05, 3.63) is 59.0 Å². The van der Waals surface area contributed by atoms with Crippen LogP contribution in [0.1, 0.15) is 34.8 Å². The molecule has 126 valence electrons. The number of alkyl halides is 3. The van der Waals surface area contributed by atoms with Gasteiger partial charge in [0.1, 0.15) is 17.6 Å². The Morgan fingerprint density at radius 2 is 1.83 bits per heavy atom. The summed E-state index contributed by atoms with van der Waals surface area (Å²) in [5, 5.41) is 7.37. The quantitative estimate of drug-likeness (QED) is 0.502. The third-order valence-corrected chi connectivity index (χ3v) is 3.89. The first-order chi connectivity index (χ1) is 11.4. The van der Waals surface area contributed by atoms with E-state index in [2.05, 4.69) is 10.2 Å². The Labute approximate surface area is 135 Å². The van der Waals surface area contributed by atoms with Crippen molar-refractivity contribution in [3.63, 3.8) is 0 Å². The molecule has 0 amide bonds. The highest BCUT2D eigenvalue weighted by molar-refractivity contribution is 6.04. The van der Waals surface area contributed by atoms with E-state index < -0.39 is 11.7 Å². The molecule has 0 fully saturated rings. The molecule has 1 unspecified atom stereocenters. The van der Waals surface area contributed by atoms with Gasteiger partial charge in [0.25, 0.3) is 0 Å². The number of furan rings is 1. The van der Waals surface area contributed by atoms with Crippen LogP contribution in [-0.2, 0) is 12.6 Å². The summed E-state index contributed by atoms with van der Waals surface area (Å²) in [5.74, 6) is -0.131. The Morgan fingerprint density at radius 3 is 2.46 bits per heavy atom. The predicted molar refractivity (Wildman–Crippen MR) is 83.6 cm³/mol. The summed E-state index contributed by atoms with van der Waals surface area (Å²) in [6.07, 6.45) is -3.16. The topological polar surface area (TPSA) is 89.9 Å². The van der Waals surface area contributed by atoms with Gasteiger partial charge in [-0.25, -0.2) is 0 Å². The average Bonchev–Trinajstić information content (AvgIpc) is 2.97. The third kappa shape index (κ3) is 3.12. The van der Waals surface area contributed by atoms with Crippen LogP contribution in [0, 0.1) is 0 Å². The van der Waals surface area contributed by atoms with Gasteiger partial charge < -0.3 is 15.9 Å². The Bertz CT molecular complexity index is 789. The third-order valence-electron chi connectivity index (χ3n) is 3.89. The van der Waals surface area contributed by atoms with Crippen molar-refractivity contribution in [2.45, 2.75) is 24.9 Å². The van der Waals surface area contributed by atoms with E-state index >= 15 is 0 Å². The van der Waals surface area contributed by atoms with Crippen molar-refractivity contribution in [1.29, 1.82) is 0 Å². The zero-order valence-corrected chi connectivity index (χ0v) is 12.5. The molecule has 0 bridgehead atoms. The highest BCUT2D eigenvalue weighted by atomic mass is 19.4. The van der Waals surface area contributed by atoms with Crippen molar-refractivity contribution in [2.24, 2.45) is 21.7 Å². The van der Waals surface area contributed by atoms with E-state index in [0.717, 1.165) is 11.8 Å². The number of rotatable bonds is 2. The van der Waals surface area contributed by atoms with E-state index in [1.165, 1.54) is 0 Å². The van der Waals surface area contributed by atoms with E-state index in [-0.39, 0.29) is 35.3 Å². The second kappa shape index (κ2) is 6.03. The van der Waals surface area contributed by atoms with Gasteiger partial charge in [-0.15, -0.1) is 5.10 Å². The number of guanidine groups is 1. The molecule has 1 heterocycles. The van der Waals surface area contributed by atoms with Crippen molar-refractivity contribution in [2.75, 3.05) is 0 Å². The largest absolute Gasteiger partial charge is 0.468 e. The van der Waals surface area contributed by atoms with Gasteiger partial charge in [0.05, 0.1) is 11.3 Å². The molecule has 1 atom stereocenters. The van der Waals surface area contributed by atoms with Crippen molar-refractivity contribution < 1.29 is 17.6 Å². The van der Waals surface area contributed by atoms with Gasteiger partial charge in [-0.1, -0.05) is 30.3 Å². The van der Waals surface area contributed by atoms with E-state index in [9.17, 15) is 13.2 Å². The fraction of sp³-hybridized carbons (Fsp3) is 0.250. The maximum Gasteiger partial charge on any atom is 0.420 e. The van der Waals surface area contributed by atoms with Crippen LogP contribution in [0.15, 0.2) is 51.2 Å². The number of nitrogens with zero attached hydrogens (tertiary/aromatic N) is 2. The van der Waals surface area contributed by atoms with Crippen LogP contribution >= 0.6 is 0 Å². The van der Waals surface area contributed by atoms with Crippen molar-refractivity contribution >= 4 is 11.7 Å². The molecule has 0 saturated carbocycles. The van der Waals surface area contributed by atoms with Crippen LogP contribution in [-0.4, -0.2) is 11.7 Å². The summed E-state index contributed by atoms with van der Waals surface area (Å²) in [7, 11) is 0. The Balaban J connectivity index is 2.08. The SMILES string of the molecule is NC(N)=N/N=C1\CC(c2ccccc2)Cc2occ(C(F)(F)F)c21. The molecule has 2 aromatic rings. The van der Waals surface area contributed by atoms with Crippen molar-refractivity contribution in [3.8, 4) is 0 Å². The van der Waals surface area contributed by atoms with E-state index in [1.807, 2.05) is 30.3 Å². The van der Waals surface area contributed by atoms with Gasteiger partial charge in [-0.2, -0.15) is 18.3 Å². The van der Waals surface area contributed by atoms with Gasteiger partial charge >= 0.3 is 6.18 Å². The molecule has 1 aromatic heterocycles. The van der Waals surface area contributed by atoms with Gasteiger partial charge in [0, 0.05) is 6.42 Å². The minimum atomic E-state index is -4.53. The molecule has 0 radical (unpaired) electrons. The Morgan fingerprint density at radius 1 is 1.12 bits per heavy atom. The standard InChI is InChI=1S/C16H15F3N4O/c17-16(18,19)11-8-24-13-7-10(9-4-2-1-3-5-9)6-12(14(11)13)22-23-15(20)21/h1-5,8,10H,6-7H2,(H4,20,21,23)/b22-12+. The zero-order chi connectivity index (χ0) is 17.3. The summed E-state index contributed by atoms with van der Waals surface area (Å²) in [4.78, 5) is 0. The number of nitrogens with two attached hydrogens (primary N) is 2. The fourth-order valence-corrected chi connectivity index (χ4v) is 2.87. The van der Waals surface area contributed by atoms with E-state index in [4.69, 9.17) is 15.9 Å². The normalized spacial score (nSPS) is 19.1. The summed E-state index contributed by atoms with van der Waals surface area (Å²) in [5.41, 5.74) is 10.7. The van der Waals surface area contributed by atoms with Crippen LogP contribution in [0.25, 0.3) is 0 Å². The first-order valence-corrected chi connectivity index (χ1v) is 7.24. The monoisotopic (exact) mass is 336 g/mol. The summed E-state index contributed by atoms with van der Waals surface area (Å²) < 4.78 is 44.8.